The van der Waals surface area contributed by atoms with Crippen LogP contribution >= 0.6 is 0 Å². The first-order valence-corrected chi connectivity index (χ1v) is 7.89. The topological polar surface area (TPSA) is 38.1 Å². The zero-order valence-electron chi connectivity index (χ0n) is 12.9. The van der Waals surface area contributed by atoms with Gasteiger partial charge in [-0.2, -0.15) is 0 Å². The molecule has 0 spiro atoms. The molecule has 2 rings (SSSR count). The largest absolute Gasteiger partial charge is 0.441 e. The van der Waals surface area contributed by atoms with E-state index in [2.05, 4.69) is 43.2 Å². The summed E-state index contributed by atoms with van der Waals surface area (Å²) in [6, 6.07) is 6.67. The SMILES string of the molecule is CCCCCCC(C)Nc1ccc2oc(CC)nc2c1. The Morgan fingerprint density at radius 1 is 1.20 bits per heavy atom. The van der Waals surface area contributed by atoms with Crippen LogP contribution in [0.3, 0.4) is 0 Å². The van der Waals surface area contributed by atoms with Gasteiger partial charge in [-0.3, -0.25) is 0 Å². The molecule has 1 aromatic heterocycles. The molecule has 2 aromatic rings. The number of benzene rings is 1. The predicted molar refractivity (Wildman–Crippen MR) is 85.2 cm³/mol. The van der Waals surface area contributed by atoms with Crippen LogP contribution in [0.25, 0.3) is 11.1 Å². The zero-order chi connectivity index (χ0) is 14.4. The number of nitrogens with one attached hydrogen (secondary N) is 1. The fraction of sp³-hybridized carbons (Fsp3) is 0.588. The minimum atomic E-state index is 0.502. The first-order valence-electron chi connectivity index (χ1n) is 7.89. The molecule has 0 aliphatic heterocycles. The summed E-state index contributed by atoms with van der Waals surface area (Å²) in [4.78, 5) is 4.48. The number of aromatic nitrogens is 1. The van der Waals surface area contributed by atoms with E-state index in [1.165, 1.54) is 32.1 Å². The number of rotatable bonds is 8. The average molecular weight is 274 g/mol. The molecular formula is C17H26N2O. The smallest absolute Gasteiger partial charge is 0.195 e. The molecule has 0 bridgehead atoms. The molecule has 1 atom stereocenters. The van der Waals surface area contributed by atoms with E-state index < -0.39 is 0 Å². The molecule has 1 unspecified atom stereocenters. The molecular weight excluding hydrogens is 248 g/mol. The minimum Gasteiger partial charge on any atom is -0.441 e. The fourth-order valence-corrected chi connectivity index (χ4v) is 2.45. The number of aryl methyl sites for hydroxylation is 1. The van der Waals surface area contributed by atoms with Crippen LogP contribution in [0.1, 0.15) is 58.8 Å². The molecule has 1 N–H and O–H groups in total. The van der Waals surface area contributed by atoms with Crippen molar-refractivity contribution in [1.82, 2.24) is 4.98 Å². The van der Waals surface area contributed by atoms with Gasteiger partial charge in [0.05, 0.1) is 0 Å². The van der Waals surface area contributed by atoms with Crippen molar-refractivity contribution < 1.29 is 4.42 Å². The van der Waals surface area contributed by atoms with Crippen molar-refractivity contribution in [3.05, 3.63) is 24.1 Å². The van der Waals surface area contributed by atoms with Crippen molar-refractivity contribution in [3.63, 3.8) is 0 Å². The highest BCUT2D eigenvalue weighted by Crippen LogP contribution is 2.21. The molecule has 0 amide bonds. The highest BCUT2D eigenvalue weighted by atomic mass is 16.3. The van der Waals surface area contributed by atoms with Gasteiger partial charge in [-0.15, -0.1) is 0 Å². The second kappa shape index (κ2) is 7.32. The fourth-order valence-electron chi connectivity index (χ4n) is 2.45. The van der Waals surface area contributed by atoms with Crippen molar-refractivity contribution in [1.29, 1.82) is 0 Å². The number of anilines is 1. The van der Waals surface area contributed by atoms with Crippen LogP contribution in [-0.4, -0.2) is 11.0 Å². The summed E-state index contributed by atoms with van der Waals surface area (Å²) < 4.78 is 5.63. The van der Waals surface area contributed by atoms with Crippen LogP contribution in [0, 0.1) is 0 Å². The Labute approximate surface area is 121 Å². The Kier molecular flexibility index (Phi) is 5.45. The molecule has 0 aliphatic carbocycles. The Morgan fingerprint density at radius 3 is 2.80 bits per heavy atom. The van der Waals surface area contributed by atoms with Gasteiger partial charge in [0.1, 0.15) is 5.52 Å². The summed E-state index contributed by atoms with van der Waals surface area (Å²) in [7, 11) is 0. The van der Waals surface area contributed by atoms with Gasteiger partial charge in [-0.25, -0.2) is 4.98 Å². The summed E-state index contributed by atoms with van der Waals surface area (Å²) in [5.74, 6) is 0.810. The first-order chi connectivity index (χ1) is 9.72. The molecule has 1 aromatic carbocycles. The number of nitrogens with zero attached hydrogens (tertiary/aromatic N) is 1. The molecule has 3 nitrogen and oxygen atoms in total. The van der Waals surface area contributed by atoms with Gasteiger partial charge in [0, 0.05) is 18.2 Å². The van der Waals surface area contributed by atoms with E-state index in [0.29, 0.717) is 6.04 Å². The van der Waals surface area contributed by atoms with E-state index in [4.69, 9.17) is 4.42 Å². The van der Waals surface area contributed by atoms with Crippen LogP contribution in [0.4, 0.5) is 5.69 Å². The van der Waals surface area contributed by atoms with Gasteiger partial charge in [0.2, 0.25) is 0 Å². The summed E-state index contributed by atoms with van der Waals surface area (Å²) in [5, 5.41) is 3.56. The molecule has 3 heteroatoms. The van der Waals surface area contributed by atoms with Crippen LogP contribution in [0.5, 0.6) is 0 Å². The molecule has 0 radical (unpaired) electrons. The predicted octanol–water partition coefficient (Wildman–Crippen LogP) is 5.16. The average Bonchev–Trinajstić information content (AvgIpc) is 2.86. The van der Waals surface area contributed by atoms with E-state index in [-0.39, 0.29) is 0 Å². The number of oxazole rings is 1. The summed E-state index contributed by atoms with van der Waals surface area (Å²) >= 11 is 0. The summed E-state index contributed by atoms with van der Waals surface area (Å²) in [5.41, 5.74) is 2.96. The minimum absolute atomic E-state index is 0.502. The van der Waals surface area contributed by atoms with Crippen LogP contribution in [0.2, 0.25) is 0 Å². The monoisotopic (exact) mass is 274 g/mol. The third-order valence-corrected chi connectivity index (χ3v) is 3.64. The van der Waals surface area contributed by atoms with Crippen molar-refractivity contribution in [2.75, 3.05) is 5.32 Å². The summed E-state index contributed by atoms with van der Waals surface area (Å²) in [6.45, 7) is 6.55. The number of fused-ring (bicyclic) bond motifs is 1. The zero-order valence-corrected chi connectivity index (χ0v) is 12.9. The van der Waals surface area contributed by atoms with E-state index in [9.17, 15) is 0 Å². The van der Waals surface area contributed by atoms with Crippen LogP contribution < -0.4 is 5.32 Å². The van der Waals surface area contributed by atoms with Gasteiger partial charge < -0.3 is 9.73 Å². The quantitative estimate of drug-likeness (QED) is 0.675. The van der Waals surface area contributed by atoms with Gasteiger partial charge in [-0.1, -0.05) is 39.5 Å². The van der Waals surface area contributed by atoms with Crippen LogP contribution in [0.15, 0.2) is 22.6 Å². The van der Waals surface area contributed by atoms with Crippen molar-refractivity contribution in [2.45, 2.75) is 65.3 Å². The Balaban J connectivity index is 1.91. The third-order valence-electron chi connectivity index (χ3n) is 3.64. The maximum Gasteiger partial charge on any atom is 0.195 e. The van der Waals surface area contributed by atoms with Crippen molar-refractivity contribution in [2.24, 2.45) is 0 Å². The number of unbranched alkanes of at least 4 members (excludes halogenated alkanes) is 3. The Bertz CT molecular complexity index is 533. The standard InChI is InChI=1S/C17H26N2O/c1-4-6-7-8-9-13(3)18-14-10-11-16-15(12-14)19-17(5-2)20-16/h10-13,18H,4-9H2,1-3H3. The summed E-state index contributed by atoms with van der Waals surface area (Å²) in [6.07, 6.45) is 7.34. The number of hydrogen-bond donors (Lipinski definition) is 1. The number of hydrogen-bond acceptors (Lipinski definition) is 3. The Hall–Kier alpha value is -1.51. The van der Waals surface area contributed by atoms with E-state index in [0.717, 1.165) is 29.1 Å². The normalized spacial score (nSPS) is 12.8. The molecule has 20 heavy (non-hydrogen) atoms. The lowest BCUT2D eigenvalue weighted by Crippen LogP contribution is -2.14. The third kappa shape index (κ3) is 3.99. The molecule has 0 saturated carbocycles. The molecule has 0 aliphatic rings. The van der Waals surface area contributed by atoms with E-state index in [1.54, 1.807) is 0 Å². The Morgan fingerprint density at radius 2 is 2.05 bits per heavy atom. The first kappa shape index (κ1) is 14.9. The second-order valence-corrected chi connectivity index (χ2v) is 5.54. The van der Waals surface area contributed by atoms with Crippen molar-refractivity contribution in [3.8, 4) is 0 Å². The van der Waals surface area contributed by atoms with Gasteiger partial charge in [-0.05, 0) is 31.5 Å². The lowest BCUT2D eigenvalue weighted by Gasteiger charge is -2.14. The molecule has 110 valence electrons. The lowest BCUT2D eigenvalue weighted by atomic mass is 10.1. The van der Waals surface area contributed by atoms with Crippen molar-refractivity contribution >= 4 is 16.8 Å². The molecule has 0 saturated heterocycles. The van der Waals surface area contributed by atoms with Gasteiger partial charge >= 0.3 is 0 Å². The molecule has 0 fully saturated rings. The maximum absolute atomic E-state index is 5.63. The van der Waals surface area contributed by atoms with Crippen LogP contribution in [-0.2, 0) is 6.42 Å². The lowest BCUT2D eigenvalue weighted by molar-refractivity contribution is 0.538. The highest BCUT2D eigenvalue weighted by molar-refractivity contribution is 5.77. The maximum atomic E-state index is 5.63. The highest BCUT2D eigenvalue weighted by Gasteiger charge is 2.07. The van der Waals surface area contributed by atoms with E-state index >= 15 is 0 Å². The molecule has 1 heterocycles. The van der Waals surface area contributed by atoms with E-state index in [1.807, 2.05) is 6.07 Å². The van der Waals surface area contributed by atoms with Gasteiger partial charge in [0.25, 0.3) is 0 Å². The van der Waals surface area contributed by atoms with Gasteiger partial charge in [0.15, 0.2) is 11.5 Å². The second-order valence-electron chi connectivity index (χ2n) is 5.54.